The first-order valence-corrected chi connectivity index (χ1v) is 4.81. The van der Waals surface area contributed by atoms with Crippen molar-refractivity contribution in [3.8, 4) is 0 Å². The third kappa shape index (κ3) is 2.64. The molecule has 3 heteroatoms. The first kappa shape index (κ1) is 9.81. The SMILES string of the molecule is Cc1cc(Br)oc1CC[C@H](C)O. The Hall–Kier alpha value is -0.280. The molecule has 68 valence electrons. The van der Waals surface area contributed by atoms with Crippen LogP contribution in [0.4, 0.5) is 0 Å². The van der Waals surface area contributed by atoms with E-state index in [2.05, 4.69) is 15.9 Å². The normalized spacial score (nSPS) is 13.3. The molecule has 1 atom stereocenters. The summed E-state index contributed by atoms with van der Waals surface area (Å²) in [5.41, 5.74) is 1.14. The topological polar surface area (TPSA) is 33.4 Å². The number of halogens is 1. The van der Waals surface area contributed by atoms with Crippen molar-refractivity contribution in [2.45, 2.75) is 32.8 Å². The largest absolute Gasteiger partial charge is 0.454 e. The average molecular weight is 233 g/mol. The monoisotopic (exact) mass is 232 g/mol. The molecule has 0 aliphatic rings. The Labute approximate surface area is 80.7 Å². The maximum atomic E-state index is 9.06. The molecule has 0 spiro atoms. The molecule has 0 aliphatic carbocycles. The number of hydrogen-bond donors (Lipinski definition) is 1. The summed E-state index contributed by atoms with van der Waals surface area (Å²) >= 11 is 3.26. The summed E-state index contributed by atoms with van der Waals surface area (Å²) in [5, 5.41) is 9.06. The van der Waals surface area contributed by atoms with Crippen LogP contribution in [0.1, 0.15) is 24.7 Å². The number of rotatable bonds is 3. The van der Waals surface area contributed by atoms with E-state index in [1.54, 1.807) is 6.92 Å². The van der Waals surface area contributed by atoms with Crippen LogP contribution in [0.5, 0.6) is 0 Å². The molecular weight excluding hydrogens is 220 g/mol. The Bertz CT molecular complexity index is 253. The van der Waals surface area contributed by atoms with Gasteiger partial charge in [-0.3, -0.25) is 0 Å². The lowest BCUT2D eigenvalue weighted by Gasteiger charge is -2.01. The van der Waals surface area contributed by atoms with Crippen molar-refractivity contribution in [1.29, 1.82) is 0 Å². The van der Waals surface area contributed by atoms with Crippen molar-refractivity contribution >= 4 is 15.9 Å². The first-order chi connectivity index (χ1) is 5.59. The highest BCUT2D eigenvalue weighted by Gasteiger charge is 2.06. The summed E-state index contributed by atoms with van der Waals surface area (Å²) in [6, 6.07) is 1.94. The number of aliphatic hydroxyl groups is 1. The van der Waals surface area contributed by atoms with Gasteiger partial charge < -0.3 is 9.52 Å². The molecule has 1 aromatic rings. The Kier molecular flexibility index (Phi) is 3.35. The van der Waals surface area contributed by atoms with Crippen LogP contribution in [0.25, 0.3) is 0 Å². The molecule has 0 saturated carbocycles. The number of aliphatic hydroxyl groups excluding tert-OH is 1. The van der Waals surface area contributed by atoms with Crippen molar-refractivity contribution in [2.24, 2.45) is 0 Å². The van der Waals surface area contributed by atoms with Gasteiger partial charge in [0.05, 0.1) is 6.10 Å². The van der Waals surface area contributed by atoms with E-state index < -0.39 is 0 Å². The molecular formula is C9H13BrO2. The van der Waals surface area contributed by atoms with Gasteiger partial charge in [0.25, 0.3) is 0 Å². The average Bonchev–Trinajstić information content (AvgIpc) is 2.26. The quantitative estimate of drug-likeness (QED) is 0.870. The Morgan fingerprint density at radius 2 is 2.33 bits per heavy atom. The molecule has 0 amide bonds. The third-order valence-electron chi connectivity index (χ3n) is 1.78. The molecule has 0 aromatic carbocycles. The van der Waals surface area contributed by atoms with Gasteiger partial charge in [-0.15, -0.1) is 0 Å². The zero-order valence-electron chi connectivity index (χ0n) is 7.30. The Morgan fingerprint density at radius 3 is 2.75 bits per heavy atom. The van der Waals surface area contributed by atoms with E-state index in [1.165, 1.54) is 0 Å². The molecule has 0 radical (unpaired) electrons. The lowest BCUT2D eigenvalue weighted by molar-refractivity contribution is 0.182. The van der Waals surface area contributed by atoms with E-state index in [-0.39, 0.29) is 6.10 Å². The van der Waals surface area contributed by atoms with Gasteiger partial charge in [-0.05, 0) is 47.8 Å². The van der Waals surface area contributed by atoms with Crippen LogP contribution in [0.3, 0.4) is 0 Å². The minimum absolute atomic E-state index is 0.256. The van der Waals surface area contributed by atoms with E-state index in [4.69, 9.17) is 9.52 Å². The van der Waals surface area contributed by atoms with Crippen molar-refractivity contribution in [3.63, 3.8) is 0 Å². The fourth-order valence-corrected chi connectivity index (χ4v) is 1.61. The third-order valence-corrected chi connectivity index (χ3v) is 2.17. The summed E-state index contributed by atoms with van der Waals surface area (Å²) in [4.78, 5) is 0. The molecule has 0 aliphatic heterocycles. The van der Waals surface area contributed by atoms with Crippen LogP contribution < -0.4 is 0 Å². The van der Waals surface area contributed by atoms with Gasteiger partial charge in [0, 0.05) is 6.42 Å². The lowest BCUT2D eigenvalue weighted by Crippen LogP contribution is -2.01. The van der Waals surface area contributed by atoms with Crippen LogP contribution in [-0.4, -0.2) is 11.2 Å². The highest BCUT2D eigenvalue weighted by atomic mass is 79.9. The predicted octanol–water partition coefficient (Wildman–Crippen LogP) is 2.66. The smallest absolute Gasteiger partial charge is 0.169 e. The summed E-state index contributed by atoms with van der Waals surface area (Å²) in [6.07, 6.45) is 1.30. The molecule has 1 aromatic heterocycles. The van der Waals surface area contributed by atoms with E-state index in [1.807, 2.05) is 13.0 Å². The van der Waals surface area contributed by atoms with Gasteiger partial charge in [-0.1, -0.05) is 0 Å². The molecule has 0 fully saturated rings. The van der Waals surface area contributed by atoms with E-state index >= 15 is 0 Å². The second-order valence-corrected chi connectivity index (χ2v) is 3.83. The molecule has 2 nitrogen and oxygen atoms in total. The molecule has 1 heterocycles. The minimum Gasteiger partial charge on any atom is -0.454 e. The van der Waals surface area contributed by atoms with Crippen LogP contribution in [0.2, 0.25) is 0 Å². The molecule has 1 N–H and O–H groups in total. The second kappa shape index (κ2) is 4.10. The van der Waals surface area contributed by atoms with Crippen LogP contribution >= 0.6 is 15.9 Å². The fraction of sp³-hybridized carbons (Fsp3) is 0.556. The molecule has 1 rings (SSSR count). The molecule has 0 unspecified atom stereocenters. The molecule has 12 heavy (non-hydrogen) atoms. The van der Waals surface area contributed by atoms with E-state index in [0.29, 0.717) is 0 Å². The van der Waals surface area contributed by atoms with Gasteiger partial charge in [0.15, 0.2) is 4.67 Å². The highest BCUT2D eigenvalue weighted by molar-refractivity contribution is 9.10. The van der Waals surface area contributed by atoms with Gasteiger partial charge in [0.2, 0.25) is 0 Å². The predicted molar refractivity (Wildman–Crippen MR) is 51.1 cm³/mol. The van der Waals surface area contributed by atoms with E-state index in [0.717, 1.165) is 28.8 Å². The lowest BCUT2D eigenvalue weighted by atomic mass is 10.1. The maximum Gasteiger partial charge on any atom is 0.169 e. The summed E-state index contributed by atoms with van der Waals surface area (Å²) in [5.74, 6) is 0.961. The van der Waals surface area contributed by atoms with Crippen molar-refractivity contribution in [3.05, 3.63) is 22.1 Å². The van der Waals surface area contributed by atoms with Crippen LogP contribution in [-0.2, 0) is 6.42 Å². The van der Waals surface area contributed by atoms with Crippen molar-refractivity contribution < 1.29 is 9.52 Å². The number of aryl methyl sites for hydroxylation is 2. The zero-order valence-corrected chi connectivity index (χ0v) is 8.89. The molecule has 0 bridgehead atoms. The summed E-state index contributed by atoms with van der Waals surface area (Å²) < 4.78 is 6.13. The summed E-state index contributed by atoms with van der Waals surface area (Å²) in [7, 11) is 0. The van der Waals surface area contributed by atoms with Crippen LogP contribution in [0, 0.1) is 6.92 Å². The number of hydrogen-bond acceptors (Lipinski definition) is 2. The maximum absolute atomic E-state index is 9.06. The fourth-order valence-electron chi connectivity index (χ4n) is 1.07. The van der Waals surface area contributed by atoms with Crippen LogP contribution in [0.15, 0.2) is 15.2 Å². The second-order valence-electron chi connectivity index (χ2n) is 3.04. The van der Waals surface area contributed by atoms with E-state index in [9.17, 15) is 0 Å². The van der Waals surface area contributed by atoms with Crippen molar-refractivity contribution in [2.75, 3.05) is 0 Å². The number of furan rings is 1. The minimum atomic E-state index is -0.256. The Morgan fingerprint density at radius 1 is 1.67 bits per heavy atom. The highest BCUT2D eigenvalue weighted by Crippen LogP contribution is 2.20. The van der Waals surface area contributed by atoms with Gasteiger partial charge in [0.1, 0.15) is 5.76 Å². The first-order valence-electron chi connectivity index (χ1n) is 4.02. The zero-order chi connectivity index (χ0) is 9.14. The van der Waals surface area contributed by atoms with Gasteiger partial charge in [-0.2, -0.15) is 0 Å². The van der Waals surface area contributed by atoms with Gasteiger partial charge >= 0.3 is 0 Å². The Balaban J connectivity index is 2.57. The molecule has 0 saturated heterocycles. The summed E-state index contributed by atoms with van der Waals surface area (Å²) in [6.45, 7) is 3.79. The standard InChI is InChI=1S/C9H13BrO2/c1-6-5-9(10)12-8(6)4-3-7(2)11/h5,7,11H,3-4H2,1-2H3/t7-/m0/s1. The van der Waals surface area contributed by atoms with Crippen molar-refractivity contribution in [1.82, 2.24) is 0 Å². The van der Waals surface area contributed by atoms with Gasteiger partial charge in [-0.25, -0.2) is 0 Å².